The van der Waals surface area contributed by atoms with Crippen LogP contribution in [0.25, 0.3) is 0 Å². The number of rotatable bonds is 7. The molecule has 0 aliphatic rings. The van der Waals surface area contributed by atoms with Crippen LogP contribution in [0.5, 0.6) is 0 Å². The second kappa shape index (κ2) is 8.07. The van der Waals surface area contributed by atoms with Gasteiger partial charge in [-0.25, -0.2) is 0 Å². The summed E-state index contributed by atoms with van der Waals surface area (Å²) < 4.78 is 4.99. The number of nitrogens with one attached hydrogen (secondary N) is 1. The number of nitro groups is 1. The van der Waals surface area contributed by atoms with Gasteiger partial charge < -0.3 is 15.2 Å². The van der Waals surface area contributed by atoms with Crippen LogP contribution in [0.3, 0.4) is 0 Å². The van der Waals surface area contributed by atoms with Crippen molar-refractivity contribution in [2.75, 3.05) is 5.32 Å². The maximum Gasteiger partial charge on any atom is 0.307 e. The van der Waals surface area contributed by atoms with Gasteiger partial charge in [-0.2, -0.15) is 0 Å². The molecule has 0 aromatic heterocycles. The van der Waals surface area contributed by atoms with Crippen molar-refractivity contribution >= 4 is 17.3 Å². The number of benzene rings is 2. The van der Waals surface area contributed by atoms with E-state index in [1.54, 1.807) is 19.1 Å². The van der Waals surface area contributed by atoms with Crippen LogP contribution in [-0.4, -0.2) is 22.3 Å². The maximum atomic E-state index is 11.5. The molecule has 7 heteroatoms. The summed E-state index contributed by atoms with van der Waals surface area (Å²) in [5.74, 6) is -0.538. The van der Waals surface area contributed by atoms with Crippen LogP contribution < -0.4 is 5.32 Å². The number of non-ortho nitro benzene ring substituents is 1. The Bertz CT molecular complexity index is 688. The van der Waals surface area contributed by atoms with Gasteiger partial charge in [0.1, 0.15) is 6.04 Å². The monoisotopic (exact) mass is 330 g/mol. The number of hydrogen-bond donors (Lipinski definition) is 2. The molecular formula is C17H18N2O5. The first-order chi connectivity index (χ1) is 11.5. The molecule has 126 valence electrons. The minimum Gasteiger partial charge on any atom is -0.433 e. The van der Waals surface area contributed by atoms with E-state index >= 15 is 0 Å². The molecule has 0 amide bonds. The number of hydrogen-bond acceptors (Lipinski definition) is 6. The minimum absolute atomic E-state index is 0.0581. The van der Waals surface area contributed by atoms with Gasteiger partial charge in [0.25, 0.3) is 5.69 Å². The van der Waals surface area contributed by atoms with E-state index in [4.69, 9.17) is 4.74 Å². The van der Waals surface area contributed by atoms with Gasteiger partial charge in [-0.3, -0.25) is 14.9 Å². The van der Waals surface area contributed by atoms with Gasteiger partial charge in [-0.15, -0.1) is 0 Å². The van der Waals surface area contributed by atoms with E-state index in [1.165, 1.54) is 24.3 Å². The highest BCUT2D eigenvalue weighted by Gasteiger charge is 2.25. The zero-order chi connectivity index (χ0) is 17.5. The summed E-state index contributed by atoms with van der Waals surface area (Å²) in [4.78, 5) is 21.7. The highest BCUT2D eigenvalue weighted by Crippen LogP contribution is 2.25. The first kappa shape index (κ1) is 17.4. The molecule has 2 aromatic carbocycles. The van der Waals surface area contributed by atoms with Crippen LogP contribution >= 0.6 is 0 Å². The van der Waals surface area contributed by atoms with Crippen LogP contribution in [0.2, 0.25) is 0 Å². The van der Waals surface area contributed by atoms with E-state index in [0.717, 1.165) is 0 Å². The van der Waals surface area contributed by atoms with Crippen molar-refractivity contribution in [2.45, 2.75) is 25.7 Å². The molecule has 7 nitrogen and oxygen atoms in total. The molecule has 2 aromatic rings. The number of carbonyl (C=O) groups excluding carboxylic acids is 1. The van der Waals surface area contributed by atoms with Gasteiger partial charge in [-0.1, -0.05) is 25.1 Å². The fraction of sp³-hybridized carbons (Fsp3) is 0.235. The Labute approximate surface area is 139 Å². The number of anilines is 1. The summed E-state index contributed by atoms with van der Waals surface area (Å²) >= 11 is 0. The van der Waals surface area contributed by atoms with Crippen LogP contribution in [0.1, 0.15) is 24.9 Å². The largest absolute Gasteiger partial charge is 0.433 e. The van der Waals surface area contributed by atoms with Gasteiger partial charge in [0, 0.05) is 24.2 Å². The first-order valence-corrected chi connectivity index (χ1v) is 7.44. The van der Waals surface area contributed by atoms with Crippen molar-refractivity contribution in [3.63, 3.8) is 0 Å². The molecule has 0 saturated heterocycles. The predicted molar refractivity (Wildman–Crippen MR) is 88.3 cm³/mol. The molecule has 2 N–H and O–H groups in total. The third kappa shape index (κ3) is 4.53. The molecule has 0 aliphatic carbocycles. The highest BCUT2D eigenvalue weighted by atomic mass is 16.6. The van der Waals surface area contributed by atoms with E-state index in [2.05, 4.69) is 5.32 Å². The third-order valence-corrected chi connectivity index (χ3v) is 3.39. The van der Waals surface area contributed by atoms with E-state index < -0.39 is 23.2 Å². The molecule has 0 aliphatic heterocycles. The average molecular weight is 330 g/mol. The Morgan fingerprint density at radius 3 is 2.38 bits per heavy atom. The number of para-hydroxylation sites is 1. The predicted octanol–water partition coefficient (Wildman–Crippen LogP) is 3.02. The number of ether oxygens (including phenoxy) is 1. The second-order valence-corrected chi connectivity index (χ2v) is 5.07. The molecule has 2 rings (SSSR count). The molecule has 0 fully saturated rings. The van der Waals surface area contributed by atoms with Crippen molar-refractivity contribution < 1.29 is 19.6 Å². The number of aliphatic hydroxyl groups excluding tert-OH is 1. The van der Waals surface area contributed by atoms with Crippen molar-refractivity contribution in [1.29, 1.82) is 0 Å². The molecule has 0 saturated carbocycles. The van der Waals surface area contributed by atoms with E-state index in [9.17, 15) is 20.0 Å². The summed E-state index contributed by atoms with van der Waals surface area (Å²) in [5.41, 5.74) is 1.21. The topological polar surface area (TPSA) is 102 Å². The summed E-state index contributed by atoms with van der Waals surface area (Å²) in [6.45, 7) is 1.63. The molecule has 0 heterocycles. The van der Waals surface area contributed by atoms with E-state index in [1.807, 2.05) is 18.2 Å². The lowest BCUT2D eigenvalue weighted by molar-refractivity contribution is -0.384. The minimum atomic E-state index is -1.43. The quantitative estimate of drug-likeness (QED) is 0.350. The van der Waals surface area contributed by atoms with E-state index in [0.29, 0.717) is 11.3 Å². The van der Waals surface area contributed by atoms with Crippen molar-refractivity contribution in [2.24, 2.45) is 0 Å². The van der Waals surface area contributed by atoms with E-state index in [-0.39, 0.29) is 12.1 Å². The third-order valence-electron chi connectivity index (χ3n) is 3.39. The maximum absolute atomic E-state index is 11.5. The molecule has 0 radical (unpaired) electrons. The number of nitro benzene ring substituents is 1. The zero-order valence-corrected chi connectivity index (χ0v) is 13.1. The zero-order valence-electron chi connectivity index (χ0n) is 13.1. The van der Waals surface area contributed by atoms with Gasteiger partial charge in [0.15, 0.2) is 0 Å². The SMILES string of the molecule is CCC(=O)OC(O)C(Nc1ccccc1)c1ccc([N+](=O)[O-])cc1. The number of nitrogens with zero attached hydrogens (tertiary/aromatic N) is 1. The number of esters is 1. The summed E-state index contributed by atoms with van der Waals surface area (Å²) in [5, 5.41) is 24.1. The Hall–Kier alpha value is -2.93. The number of carbonyl (C=O) groups is 1. The molecule has 24 heavy (non-hydrogen) atoms. The van der Waals surface area contributed by atoms with Crippen LogP contribution in [0.4, 0.5) is 11.4 Å². The molecule has 2 unspecified atom stereocenters. The fourth-order valence-corrected chi connectivity index (χ4v) is 2.12. The van der Waals surface area contributed by atoms with Crippen LogP contribution in [0, 0.1) is 10.1 Å². The Morgan fingerprint density at radius 1 is 1.21 bits per heavy atom. The lowest BCUT2D eigenvalue weighted by Crippen LogP contribution is -2.30. The van der Waals surface area contributed by atoms with Gasteiger partial charge in [-0.05, 0) is 29.8 Å². The van der Waals surface area contributed by atoms with Gasteiger partial charge in [0.2, 0.25) is 6.29 Å². The Kier molecular flexibility index (Phi) is 5.86. The second-order valence-electron chi connectivity index (χ2n) is 5.07. The van der Waals surface area contributed by atoms with Crippen molar-refractivity contribution in [3.8, 4) is 0 Å². The Morgan fingerprint density at radius 2 is 1.83 bits per heavy atom. The summed E-state index contributed by atoms with van der Waals surface area (Å²) in [6.07, 6.45) is -1.30. The average Bonchev–Trinajstić information content (AvgIpc) is 2.60. The lowest BCUT2D eigenvalue weighted by atomic mass is 10.1. The van der Waals surface area contributed by atoms with Crippen molar-refractivity contribution in [1.82, 2.24) is 0 Å². The molecule has 0 bridgehead atoms. The summed E-state index contributed by atoms with van der Waals surface area (Å²) in [6, 6.07) is 14.0. The highest BCUT2D eigenvalue weighted by molar-refractivity contribution is 5.69. The first-order valence-electron chi connectivity index (χ1n) is 7.44. The summed E-state index contributed by atoms with van der Waals surface area (Å²) in [7, 11) is 0. The molecule has 0 spiro atoms. The molecule has 2 atom stereocenters. The number of aliphatic hydroxyl groups is 1. The lowest BCUT2D eigenvalue weighted by Gasteiger charge is -2.25. The van der Waals surface area contributed by atoms with Crippen molar-refractivity contribution in [3.05, 3.63) is 70.3 Å². The van der Waals surface area contributed by atoms with Crippen LogP contribution in [-0.2, 0) is 9.53 Å². The fourth-order valence-electron chi connectivity index (χ4n) is 2.12. The van der Waals surface area contributed by atoms with Crippen LogP contribution in [0.15, 0.2) is 54.6 Å². The Balaban J connectivity index is 2.27. The molecular weight excluding hydrogens is 312 g/mol. The standard InChI is InChI=1S/C17H18N2O5/c1-2-15(20)24-17(21)16(18-13-6-4-3-5-7-13)12-8-10-14(11-9-12)19(22)23/h3-11,16-18,21H,2H2,1H3. The normalized spacial score (nSPS) is 12.9. The van der Waals surface area contributed by atoms with Gasteiger partial charge in [0.05, 0.1) is 4.92 Å². The smallest absolute Gasteiger partial charge is 0.307 e. The van der Waals surface area contributed by atoms with Gasteiger partial charge >= 0.3 is 5.97 Å².